The molecule has 138 valence electrons. The number of fused-ring (bicyclic) bond motifs is 1. The second-order valence-corrected chi connectivity index (χ2v) is 6.94. The van der Waals surface area contributed by atoms with Crippen molar-refractivity contribution < 1.29 is 8.94 Å². The Labute approximate surface area is 159 Å². The molecule has 7 nitrogen and oxygen atoms in total. The van der Waals surface area contributed by atoms with Gasteiger partial charge in [-0.1, -0.05) is 42.4 Å². The van der Waals surface area contributed by atoms with Crippen LogP contribution in [0.2, 0.25) is 0 Å². The Hall–Kier alpha value is -2.87. The molecule has 0 atom stereocenters. The molecular formula is C19H18N4O3S. The van der Waals surface area contributed by atoms with Gasteiger partial charge in [0.15, 0.2) is 10.9 Å². The van der Waals surface area contributed by atoms with Crippen LogP contribution in [0.3, 0.4) is 0 Å². The van der Waals surface area contributed by atoms with Crippen molar-refractivity contribution in [3.63, 3.8) is 0 Å². The van der Waals surface area contributed by atoms with Crippen LogP contribution in [0.25, 0.3) is 22.5 Å². The number of thioether (sulfide) groups is 1. The third-order valence-corrected chi connectivity index (χ3v) is 5.06. The van der Waals surface area contributed by atoms with Crippen LogP contribution in [-0.2, 0) is 12.3 Å². The standard InChI is InChI=1S/C19H18N4O3S/c1-2-3-10-23-18(24)13-7-4-5-8-14(13)20-19(23)27-12-16-21-17(22-26-16)15-9-6-11-25-15/h4-9,11H,2-3,10,12H2,1H3. The van der Waals surface area contributed by atoms with E-state index in [0.717, 1.165) is 12.8 Å². The minimum absolute atomic E-state index is 0.0154. The van der Waals surface area contributed by atoms with Gasteiger partial charge in [0.2, 0.25) is 11.7 Å². The van der Waals surface area contributed by atoms with E-state index in [1.807, 2.05) is 24.3 Å². The Morgan fingerprint density at radius 2 is 2.04 bits per heavy atom. The van der Waals surface area contributed by atoms with Gasteiger partial charge in [0, 0.05) is 6.54 Å². The second kappa shape index (κ2) is 7.79. The van der Waals surface area contributed by atoms with Gasteiger partial charge >= 0.3 is 0 Å². The highest BCUT2D eigenvalue weighted by Crippen LogP contribution is 2.23. The van der Waals surface area contributed by atoms with Gasteiger partial charge in [-0.15, -0.1) is 0 Å². The fraction of sp³-hybridized carbons (Fsp3) is 0.263. The van der Waals surface area contributed by atoms with E-state index < -0.39 is 0 Å². The molecule has 4 aromatic rings. The number of benzene rings is 1. The maximum atomic E-state index is 12.9. The molecule has 0 spiro atoms. The Kier molecular flexibility index (Phi) is 5.06. The van der Waals surface area contributed by atoms with Crippen LogP contribution in [0.5, 0.6) is 0 Å². The first-order chi connectivity index (χ1) is 13.3. The van der Waals surface area contributed by atoms with E-state index in [9.17, 15) is 4.79 Å². The predicted octanol–water partition coefficient (Wildman–Crippen LogP) is 4.13. The molecule has 3 heterocycles. The third kappa shape index (κ3) is 3.66. The molecule has 0 saturated heterocycles. The molecular weight excluding hydrogens is 364 g/mol. The van der Waals surface area contributed by atoms with Gasteiger partial charge in [-0.05, 0) is 30.7 Å². The summed E-state index contributed by atoms with van der Waals surface area (Å²) >= 11 is 1.42. The number of aromatic nitrogens is 4. The molecule has 1 aromatic carbocycles. The van der Waals surface area contributed by atoms with Crippen molar-refractivity contribution in [2.24, 2.45) is 0 Å². The number of para-hydroxylation sites is 1. The molecule has 4 rings (SSSR count). The van der Waals surface area contributed by atoms with E-state index in [4.69, 9.17) is 8.94 Å². The Bertz CT molecular complexity index is 1100. The molecule has 0 N–H and O–H groups in total. The van der Waals surface area contributed by atoms with Gasteiger partial charge in [-0.3, -0.25) is 9.36 Å². The van der Waals surface area contributed by atoms with Crippen LogP contribution in [0.4, 0.5) is 0 Å². The molecule has 0 aliphatic carbocycles. The van der Waals surface area contributed by atoms with Crippen LogP contribution in [0, 0.1) is 0 Å². The van der Waals surface area contributed by atoms with Crippen molar-refractivity contribution in [2.75, 3.05) is 0 Å². The van der Waals surface area contributed by atoms with Crippen molar-refractivity contribution in [1.82, 2.24) is 19.7 Å². The molecule has 27 heavy (non-hydrogen) atoms. The highest BCUT2D eigenvalue weighted by molar-refractivity contribution is 7.98. The van der Waals surface area contributed by atoms with Crippen molar-refractivity contribution in [2.45, 2.75) is 37.2 Å². The van der Waals surface area contributed by atoms with Crippen molar-refractivity contribution in [3.8, 4) is 11.6 Å². The summed E-state index contributed by atoms with van der Waals surface area (Å²) in [6, 6.07) is 11.0. The summed E-state index contributed by atoms with van der Waals surface area (Å²) in [7, 11) is 0. The molecule has 0 aliphatic heterocycles. The summed E-state index contributed by atoms with van der Waals surface area (Å²) < 4.78 is 12.3. The summed E-state index contributed by atoms with van der Waals surface area (Å²) in [6.07, 6.45) is 3.47. The van der Waals surface area contributed by atoms with Gasteiger partial charge in [0.1, 0.15) is 0 Å². The molecule has 0 unspecified atom stereocenters. The second-order valence-electron chi connectivity index (χ2n) is 6.00. The molecule has 0 fully saturated rings. The zero-order valence-corrected chi connectivity index (χ0v) is 15.6. The summed E-state index contributed by atoms with van der Waals surface area (Å²) in [6.45, 7) is 2.73. The zero-order chi connectivity index (χ0) is 18.6. The molecule has 0 aliphatic rings. The average molecular weight is 382 g/mol. The van der Waals surface area contributed by atoms with Gasteiger partial charge in [0.05, 0.1) is 22.9 Å². The maximum Gasteiger partial charge on any atom is 0.262 e. The molecule has 0 radical (unpaired) electrons. The molecule has 8 heteroatoms. The quantitative estimate of drug-likeness (QED) is 0.351. The van der Waals surface area contributed by atoms with Gasteiger partial charge in [0.25, 0.3) is 5.56 Å². The monoisotopic (exact) mass is 382 g/mol. The average Bonchev–Trinajstić information content (AvgIpc) is 3.37. The fourth-order valence-corrected chi connectivity index (χ4v) is 3.58. The Morgan fingerprint density at radius 1 is 1.15 bits per heavy atom. The third-order valence-electron chi connectivity index (χ3n) is 4.10. The van der Waals surface area contributed by atoms with Crippen LogP contribution < -0.4 is 5.56 Å². The summed E-state index contributed by atoms with van der Waals surface area (Å²) in [5, 5.41) is 5.22. The minimum Gasteiger partial charge on any atom is -0.461 e. The normalized spacial score (nSPS) is 11.3. The van der Waals surface area contributed by atoms with Crippen molar-refractivity contribution in [1.29, 1.82) is 0 Å². The summed E-state index contributed by atoms with van der Waals surface area (Å²) in [4.78, 5) is 21.9. The highest BCUT2D eigenvalue weighted by Gasteiger charge is 2.15. The molecule has 0 amide bonds. The number of rotatable bonds is 7. The van der Waals surface area contributed by atoms with Crippen LogP contribution >= 0.6 is 11.8 Å². The molecule has 0 saturated carbocycles. The number of hydrogen-bond donors (Lipinski definition) is 0. The number of furan rings is 1. The maximum absolute atomic E-state index is 12.9. The largest absolute Gasteiger partial charge is 0.461 e. The van der Waals surface area contributed by atoms with E-state index >= 15 is 0 Å². The lowest BCUT2D eigenvalue weighted by Crippen LogP contribution is -2.23. The van der Waals surface area contributed by atoms with Crippen molar-refractivity contribution in [3.05, 3.63) is 58.9 Å². The predicted molar refractivity (Wildman–Crippen MR) is 102 cm³/mol. The smallest absolute Gasteiger partial charge is 0.262 e. The molecule has 0 bridgehead atoms. The van der Waals surface area contributed by atoms with Gasteiger partial charge in [-0.25, -0.2) is 4.98 Å². The van der Waals surface area contributed by atoms with Crippen LogP contribution in [-0.4, -0.2) is 19.7 Å². The topological polar surface area (TPSA) is 86.9 Å². The van der Waals surface area contributed by atoms with E-state index in [2.05, 4.69) is 22.0 Å². The summed E-state index contributed by atoms with van der Waals surface area (Å²) in [5.41, 5.74) is 0.679. The first kappa shape index (κ1) is 17.5. The fourth-order valence-electron chi connectivity index (χ4n) is 2.72. The highest BCUT2D eigenvalue weighted by atomic mass is 32.2. The zero-order valence-electron chi connectivity index (χ0n) is 14.8. The SMILES string of the molecule is CCCCn1c(SCc2nc(-c3ccco3)no2)nc2ccccc2c1=O. The number of hydrogen-bond acceptors (Lipinski definition) is 7. The van der Waals surface area contributed by atoms with E-state index in [-0.39, 0.29) is 5.56 Å². The van der Waals surface area contributed by atoms with E-state index in [1.54, 1.807) is 23.0 Å². The van der Waals surface area contributed by atoms with E-state index in [0.29, 0.717) is 45.8 Å². The van der Waals surface area contributed by atoms with Crippen molar-refractivity contribution >= 4 is 22.7 Å². The van der Waals surface area contributed by atoms with E-state index in [1.165, 1.54) is 11.8 Å². The van der Waals surface area contributed by atoms with Crippen LogP contribution in [0.1, 0.15) is 25.7 Å². The van der Waals surface area contributed by atoms with Gasteiger partial charge in [-0.2, -0.15) is 4.98 Å². The van der Waals surface area contributed by atoms with Gasteiger partial charge < -0.3 is 8.94 Å². The first-order valence-corrected chi connectivity index (χ1v) is 9.73. The lowest BCUT2D eigenvalue weighted by Gasteiger charge is -2.12. The lowest BCUT2D eigenvalue weighted by atomic mass is 10.2. The Morgan fingerprint density at radius 3 is 2.85 bits per heavy atom. The molecule has 3 aromatic heterocycles. The minimum atomic E-state index is -0.0154. The number of nitrogens with zero attached hydrogens (tertiary/aromatic N) is 4. The summed E-state index contributed by atoms with van der Waals surface area (Å²) in [5.74, 6) is 1.84. The number of unbranched alkanes of at least 4 members (excludes halogenated alkanes) is 1. The van der Waals surface area contributed by atoms with Crippen LogP contribution in [0.15, 0.2) is 61.6 Å². The lowest BCUT2D eigenvalue weighted by molar-refractivity contribution is 0.390. The first-order valence-electron chi connectivity index (χ1n) is 8.75. The Balaban J connectivity index is 1.61.